The minimum absolute atomic E-state index is 0.0505. The number of carbonyl (C=O) groups is 1. The summed E-state index contributed by atoms with van der Waals surface area (Å²) in [5.41, 5.74) is 13.7. The van der Waals surface area contributed by atoms with Crippen LogP contribution in [0.1, 0.15) is 29.7 Å². The van der Waals surface area contributed by atoms with E-state index in [0.29, 0.717) is 13.0 Å². The molecule has 3 N–H and O–H groups in total. The molecule has 0 radical (unpaired) electrons. The zero-order valence-corrected chi connectivity index (χ0v) is 18.9. The molecule has 2 aromatic heterocycles. The highest BCUT2D eigenvalue weighted by atomic mass is 16.1. The Bertz CT molecular complexity index is 1290. The van der Waals surface area contributed by atoms with Crippen molar-refractivity contribution < 1.29 is 4.79 Å². The molecule has 0 saturated heterocycles. The summed E-state index contributed by atoms with van der Waals surface area (Å²) in [6.07, 6.45) is 7.98. The SMILES string of the molecule is Cn1cc(-c2ccc3c(N)c4c(nc3c2)CCC(C(=O)NCCCc2ccccc2)C4)cn1. The fourth-order valence-electron chi connectivity index (χ4n) is 4.74. The van der Waals surface area contributed by atoms with Crippen molar-refractivity contribution in [2.75, 3.05) is 12.3 Å². The molecule has 6 nitrogen and oxygen atoms in total. The van der Waals surface area contributed by atoms with Crippen molar-refractivity contribution in [3.05, 3.63) is 77.7 Å². The number of aromatic nitrogens is 3. The number of pyridine rings is 1. The zero-order valence-electron chi connectivity index (χ0n) is 18.9. The van der Waals surface area contributed by atoms with Gasteiger partial charge in [0, 0.05) is 48.0 Å². The maximum absolute atomic E-state index is 12.8. The highest BCUT2D eigenvalue weighted by Crippen LogP contribution is 2.35. The molecule has 168 valence electrons. The van der Waals surface area contributed by atoms with Gasteiger partial charge in [0.2, 0.25) is 5.91 Å². The smallest absolute Gasteiger partial charge is 0.223 e. The molecule has 0 bridgehead atoms. The van der Waals surface area contributed by atoms with Gasteiger partial charge >= 0.3 is 0 Å². The Labute approximate surface area is 193 Å². The normalized spacial score (nSPS) is 15.4. The lowest BCUT2D eigenvalue weighted by Crippen LogP contribution is -2.35. The van der Waals surface area contributed by atoms with Crippen LogP contribution in [0.15, 0.2) is 60.9 Å². The fourth-order valence-corrected chi connectivity index (χ4v) is 4.74. The lowest BCUT2D eigenvalue weighted by molar-refractivity contribution is -0.125. The van der Waals surface area contributed by atoms with E-state index < -0.39 is 0 Å². The first-order valence-electron chi connectivity index (χ1n) is 11.6. The van der Waals surface area contributed by atoms with Crippen LogP contribution in [0.5, 0.6) is 0 Å². The van der Waals surface area contributed by atoms with Gasteiger partial charge in [0.05, 0.1) is 11.7 Å². The average molecular weight is 440 g/mol. The molecular formula is C27H29N5O. The second-order valence-electron chi connectivity index (χ2n) is 8.91. The summed E-state index contributed by atoms with van der Waals surface area (Å²) in [4.78, 5) is 17.8. The van der Waals surface area contributed by atoms with Crippen molar-refractivity contribution in [3.63, 3.8) is 0 Å². The van der Waals surface area contributed by atoms with Crippen LogP contribution >= 0.6 is 0 Å². The van der Waals surface area contributed by atoms with Crippen LogP contribution in [-0.4, -0.2) is 27.2 Å². The number of hydrogen-bond acceptors (Lipinski definition) is 4. The molecule has 6 heteroatoms. The number of nitrogens with two attached hydrogens (primary N) is 1. The summed E-state index contributed by atoms with van der Waals surface area (Å²) in [7, 11) is 1.91. The van der Waals surface area contributed by atoms with Gasteiger partial charge < -0.3 is 11.1 Å². The van der Waals surface area contributed by atoms with Crippen LogP contribution in [0.3, 0.4) is 0 Å². The molecule has 1 amide bonds. The van der Waals surface area contributed by atoms with Gasteiger partial charge in [0.15, 0.2) is 0 Å². The fraction of sp³-hybridized carbons (Fsp3) is 0.296. The summed E-state index contributed by atoms with van der Waals surface area (Å²) >= 11 is 0. The maximum atomic E-state index is 12.8. The molecule has 5 rings (SSSR count). The van der Waals surface area contributed by atoms with Gasteiger partial charge in [-0.2, -0.15) is 5.10 Å². The van der Waals surface area contributed by atoms with E-state index in [1.807, 2.05) is 31.6 Å². The van der Waals surface area contributed by atoms with Gasteiger partial charge in [-0.05, 0) is 54.9 Å². The highest BCUT2D eigenvalue weighted by molar-refractivity contribution is 5.95. The van der Waals surface area contributed by atoms with Crippen molar-refractivity contribution in [1.82, 2.24) is 20.1 Å². The molecule has 0 fully saturated rings. The molecule has 2 heterocycles. The van der Waals surface area contributed by atoms with Crippen molar-refractivity contribution in [1.29, 1.82) is 0 Å². The lowest BCUT2D eigenvalue weighted by Gasteiger charge is -2.25. The highest BCUT2D eigenvalue weighted by Gasteiger charge is 2.27. The van der Waals surface area contributed by atoms with Crippen LogP contribution in [0.25, 0.3) is 22.0 Å². The summed E-state index contributed by atoms with van der Waals surface area (Å²) in [6, 6.07) is 16.5. The number of rotatable bonds is 6. The monoisotopic (exact) mass is 439 g/mol. The van der Waals surface area contributed by atoms with Gasteiger partial charge in [-0.1, -0.05) is 42.5 Å². The molecule has 1 aliphatic carbocycles. The number of amides is 1. The largest absolute Gasteiger partial charge is 0.398 e. The quantitative estimate of drug-likeness (QED) is 0.444. The van der Waals surface area contributed by atoms with Gasteiger partial charge in [-0.15, -0.1) is 0 Å². The molecule has 1 atom stereocenters. The first-order chi connectivity index (χ1) is 16.1. The number of benzene rings is 2. The predicted octanol–water partition coefficient (Wildman–Crippen LogP) is 4.07. The Morgan fingerprint density at radius 3 is 2.82 bits per heavy atom. The van der Waals surface area contributed by atoms with Gasteiger partial charge in [-0.3, -0.25) is 14.5 Å². The van der Waals surface area contributed by atoms with Crippen molar-refractivity contribution >= 4 is 22.5 Å². The molecular weight excluding hydrogens is 410 g/mol. The second-order valence-corrected chi connectivity index (χ2v) is 8.91. The minimum Gasteiger partial charge on any atom is -0.398 e. The molecule has 2 aromatic carbocycles. The summed E-state index contributed by atoms with van der Waals surface area (Å²) in [5.74, 6) is 0.0746. The zero-order chi connectivity index (χ0) is 22.8. The number of fused-ring (bicyclic) bond motifs is 2. The number of anilines is 1. The third-order valence-corrected chi connectivity index (χ3v) is 6.59. The standard InChI is InChI=1S/C27H29N5O/c1-32-17-21(16-30-32)19-9-11-22-25(15-19)31-24-12-10-20(14-23(24)26(22)28)27(33)29-13-5-8-18-6-3-2-4-7-18/h2-4,6-7,9,11,15-17,20H,5,8,10,12-14H2,1H3,(H2,28,31)(H,29,33). The van der Waals surface area contributed by atoms with Crippen LogP contribution < -0.4 is 11.1 Å². The van der Waals surface area contributed by atoms with Crippen LogP contribution in [0.2, 0.25) is 0 Å². The number of carbonyl (C=O) groups excluding carboxylic acids is 1. The van der Waals surface area contributed by atoms with Gasteiger partial charge in [0.25, 0.3) is 0 Å². The summed E-state index contributed by atoms with van der Waals surface area (Å²) in [6.45, 7) is 0.694. The average Bonchev–Trinajstić information content (AvgIpc) is 3.28. The first kappa shape index (κ1) is 21.2. The van der Waals surface area contributed by atoms with E-state index in [-0.39, 0.29) is 11.8 Å². The van der Waals surface area contributed by atoms with Crippen molar-refractivity contribution in [3.8, 4) is 11.1 Å². The van der Waals surface area contributed by atoms with E-state index in [4.69, 9.17) is 10.7 Å². The Hall–Kier alpha value is -3.67. The number of nitrogens with zero attached hydrogens (tertiary/aromatic N) is 3. The van der Waals surface area contributed by atoms with E-state index in [1.165, 1.54) is 5.56 Å². The molecule has 0 saturated carbocycles. The molecule has 0 aliphatic heterocycles. The van der Waals surface area contributed by atoms with E-state index in [0.717, 1.165) is 64.7 Å². The third kappa shape index (κ3) is 4.46. The molecule has 0 spiro atoms. The Morgan fingerprint density at radius 1 is 1.18 bits per heavy atom. The lowest BCUT2D eigenvalue weighted by atomic mass is 9.84. The topological polar surface area (TPSA) is 85.8 Å². The third-order valence-electron chi connectivity index (χ3n) is 6.59. The van der Waals surface area contributed by atoms with E-state index in [1.54, 1.807) is 4.68 Å². The van der Waals surface area contributed by atoms with E-state index >= 15 is 0 Å². The van der Waals surface area contributed by atoms with Crippen molar-refractivity contribution in [2.45, 2.75) is 32.1 Å². The Morgan fingerprint density at radius 2 is 2.03 bits per heavy atom. The van der Waals surface area contributed by atoms with Crippen LogP contribution in [0.4, 0.5) is 5.69 Å². The Balaban J connectivity index is 1.27. The Kier molecular flexibility index (Phi) is 5.82. The molecule has 1 unspecified atom stereocenters. The van der Waals surface area contributed by atoms with Crippen LogP contribution in [0, 0.1) is 5.92 Å². The van der Waals surface area contributed by atoms with Gasteiger partial charge in [-0.25, -0.2) is 0 Å². The predicted molar refractivity (Wildman–Crippen MR) is 132 cm³/mol. The molecule has 4 aromatic rings. The molecule has 1 aliphatic rings. The van der Waals surface area contributed by atoms with Gasteiger partial charge in [0.1, 0.15) is 0 Å². The summed E-state index contributed by atoms with van der Waals surface area (Å²) in [5, 5.41) is 8.34. The first-order valence-corrected chi connectivity index (χ1v) is 11.6. The summed E-state index contributed by atoms with van der Waals surface area (Å²) < 4.78 is 1.79. The van der Waals surface area contributed by atoms with Crippen LogP contribution in [-0.2, 0) is 31.1 Å². The number of nitrogen functional groups attached to an aromatic ring is 1. The minimum atomic E-state index is -0.0505. The van der Waals surface area contributed by atoms with Crippen molar-refractivity contribution in [2.24, 2.45) is 13.0 Å². The van der Waals surface area contributed by atoms with E-state index in [2.05, 4.69) is 46.8 Å². The maximum Gasteiger partial charge on any atom is 0.223 e. The number of aryl methyl sites for hydroxylation is 3. The number of hydrogen-bond donors (Lipinski definition) is 2. The number of nitrogens with one attached hydrogen (secondary N) is 1. The second kappa shape index (κ2) is 9.06. The molecule has 33 heavy (non-hydrogen) atoms. The van der Waals surface area contributed by atoms with E-state index in [9.17, 15) is 4.79 Å².